The highest BCUT2D eigenvalue weighted by atomic mass is 35.5. The van der Waals surface area contributed by atoms with Crippen molar-refractivity contribution in [3.8, 4) is 0 Å². The van der Waals surface area contributed by atoms with Gasteiger partial charge in [-0.15, -0.1) is 0 Å². The summed E-state index contributed by atoms with van der Waals surface area (Å²) in [5.74, 6) is -0.326. The fourth-order valence-corrected chi connectivity index (χ4v) is 2.69. The lowest BCUT2D eigenvalue weighted by atomic mass is 9.80. The predicted octanol–water partition coefficient (Wildman–Crippen LogP) is 3.40. The van der Waals surface area contributed by atoms with Gasteiger partial charge in [0, 0.05) is 5.56 Å². The second-order valence-corrected chi connectivity index (χ2v) is 4.39. The Balaban J connectivity index is 2.50. The molecule has 0 bridgehead atoms. The molecule has 80 valence electrons. The van der Waals surface area contributed by atoms with Gasteiger partial charge in [-0.3, -0.25) is 4.79 Å². The monoisotopic (exact) mass is 226 g/mol. The minimum atomic E-state index is -0.771. The summed E-state index contributed by atoms with van der Waals surface area (Å²) >= 11 is 5.64. The van der Waals surface area contributed by atoms with Crippen LogP contribution in [-0.2, 0) is 10.2 Å². The quantitative estimate of drug-likeness (QED) is 0.707. The van der Waals surface area contributed by atoms with Crippen LogP contribution in [-0.4, -0.2) is 5.24 Å². The van der Waals surface area contributed by atoms with Crippen molar-refractivity contribution < 1.29 is 9.18 Å². The van der Waals surface area contributed by atoms with Crippen LogP contribution in [0.25, 0.3) is 0 Å². The molecule has 15 heavy (non-hydrogen) atoms. The average molecular weight is 227 g/mol. The third-order valence-corrected chi connectivity index (χ3v) is 3.58. The molecular formula is C12H12ClFO. The molecule has 0 atom stereocenters. The van der Waals surface area contributed by atoms with Gasteiger partial charge in [-0.25, -0.2) is 4.39 Å². The van der Waals surface area contributed by atoms with Crippen LogP contribution in [0.15, 0.2) is 24.3 Å². The standard InChI is InChI=1S/C12H12ClFO/c13-11(15)12(7-3-4-8-12)9-5-1-2-6-10(9)14/h1-2,5-6H,3-4,7-8H2. The Morgan fingerprint density at radius 1 is 1.27 bits per heavy atom. The Labute approximate surface area is 93.2 Å². The molecule has 0 saturated heterocycles. The van der Waals surface area contributed by atoms with E-state index >= 15 is 0 Å². The number of rotatable bonds is 2. The van der Waals surface area contributed by atoms with Gasteiger partial charge >= 0.3 is 0 Å². The van der Waals surface area contributed by atoms with E-state index in [1.165, 1.54) is 6.07 Å². The SMILES string of the molecule is O=C(Cl)C1(c2ccccc2F)CCCC1. The summed E-state index contributed by atoms with van der Waals surface area (Å²) in [7, 11) is 0. The number of benzene rings is 1. The first-order chi connectivity index (χ1) is 7.17. The van der Waals surface area contributed by atoms with Gasteiger partial charge in [0.05, 0.1) is 5.41 Å². The predicted molar refractivity (Wildman–Crippen MR) is 57.4 cm³/mol. The van der Waals surface area contributed by atoms with Gasteiger partial charge in [0.1, 0.15) is 5.82 Å². The van der Waals surface area contributed by atoms with E-state index in [1.54, 1.807) is 18.2 Å². The van der Waals surface area contributed by atoms with E-state index < -0.39 is 10.7 Å². The van der Waals surface area contributed by atoms with Gasteiger partial charge in [0.25, 0.3) is 0 Å². The van der Waals surface area contributed by atoms with E-state index in [2.05, 4.69) is 0 Å². The van der Waals surface area contributed by atoms with Gasteiger partial charge in [0.2, 0.25) is 5.24 Å². The molecular weight excluding hydrogens is 215 g/mol. The molecule has 0 radical (unpaired) electrons. The van der Waals surface area contributed by atoms with E-state index in [9.17, 15) is 9.18 Å². The Morgan fingerprint density at radius 3 is 2.40 bits per heavy atom. The highest BCUT2D eigenvalue weighted by Crippen LogP contribution is 2.43. The van der Waals surface area contributed by atoms with E-state index in [4.69, 9.17) is 11.6 Å². The fourth-order valence-electron chi connectivity index (χ4n) is 2.40. The number of carbonyl (C=O) groups is 1. The molecule has 1 aliphatic carbocycles. The third-order valence-electron chi connectivity index (χ3n) is 3.22. The number of halogens is 2. The van der Waals surface area contributed by atoms with Crippen LogP contribution in [0.5, 0.6) is 0 Å². The Hall–Kier alpha value is -0.890. The summed E-state index contributed by atoms with van der Waals surface area (Å²) < 4.78 is 13.6. The summed E-state index contributed by atoms with van der Waals surface area (Å²) in [6, 6.07) is 6.43. The van der Waals surface area contributed by atoms with E-state index in [-0.39, 0.29) is 5.82 Å². The van der Waals surface area contributed by atoms with Crippen molar-refractivity contribution in [2.75, 3.05) is 0 Å². The third kappa shape index (κ3) is 1.67. The van der Waals surface area contributed by atoms with Gasteiger partial charge in [0.15, 0.2) is 0 Å². The van der Waals surface area contributed by atoms with Crippen molar-refractivity contribution in [1.29, 1.82) is 0 Å². The molecule has 1 saturated carbocycles. The second kappa shape index (κ2) is 3.93. The van der Waals surface area contributed by atoms with Crippen LogP contribution in [0.1, 0.15) is 31.2 Å². The molecule has 1 nitrogen and oxygen atoms in total. The molecule has 1 aromatic rings. The Kier molecular flexibility index (Phi) is 2.79. The number of hydrogen-bond donors (Lipinski definition) is 0. The molecule has 0 N–H and O–H groups in total. The first kappa shape index (κ1) is 10.6. The molecule has 0 aromatic heterocycles. The van der Waals surface area contributed by atoms with Crippen LogP contribution in [0.4, 0.5) is 4.39 Å². The summed E-state index contributed by atoms with van der Waals surface area (Å²) in [5.41, 5.74) is -0.310. The molecule has 0 amide bonds. The summed E-state index contributed by atoms with van der Waals surface area (Å²) in [5, 5.41) is -0.426. The second-order valence-electron chi connectivity index (χ2n) is 4.04. The first-order valence-corrected chi connectivity index (χ1v) is 5.49. The molecule has 0 unspecified atom stereocenters. The van der Waals surface area contributed by atoms with Crippen molar-refractivity contribution >= 4 is 16.8 Å². The van der Waals surface area contributed by atoms with Crippen molar-refractivity contribution in [1.82, 2.24) is 0 Å². The van der Waals surface area contributed by atoms with Gasteiger partial charge in [-0.2, -0.15) is 0 Å². The lowest BCUT2D eigenvalue weighted by molar-refractivity contribution is -0.116. The van der Waals surface area contributed by atoms with Crippen LogP contribution in [0.3, 0.4) is 0 Å². The fraction of sp³-hybridized carbons (Fsp3) is 0.417. The zero-order chi connectivity index (χ0) is 10.9. The summed E-state index contributed by atoms with van der Waals surface area (Å²) in [6.07, 6.45) is 3.20. The van der Waals surface area contributed by atoms with E-state index in [1.807, 2.05) is 0 Å². The normalized spacial score (nSPS) is 19.1. The average Bonchev–Trinajstić information content (AvgIpc) is 2.68. The van der Waals surface area contributed by atoms with Crippen molar-refractivity contribution in [2.45, 2.75) is 31.1 Å². The highest BCUT2D eigenvalue weighted by molar-refractivity contribution is 6.65. The molecule has 3 heteroatoms. The van der Waals surface area contributed by atoms with Crippen molar-refractivity contribution in [3.63, 3.8) is 0 Å². The zero-order valence-electron chi connectivity index (χ0n) is 8.30. The lowest BCUT2D eigenvalue weighted by Crippen LogP contribution is -2.30. The molecule has 1 aromatic carbocycles. The first-order valence-electron chi connectivity index (χ1n) is 5.12. The van der Waals surface area contributed by atoms with Crippen LogP contribution >= 0.6 is 11.6 Å². The van der Waals surface area contributed by atoms with Crippen LogP contribution in [0, 0.1) is 5.82 Å². The van der Waals surface area contributed by atoms with Gasteiger partial charge in [-0.1, -0.05) is 31.0 Å². The van der Waals surface area contributed by atoms with Crippen LogP contribution in [0.2, 0.25) is 0 Å². The molecule has 0 aliphatic heterocycles. The summed E-state index contributed by atoms with van der Waals surface area (Å²) in [4.78, 5) is 11.5. The smallest absolute Gasteiger partial charge is 0.232 e. The molecule has 0 spiro atoms. The van der Waals surface area contributed by atoms with Gasteiger partial charge in [-0.05, 0) is 30.5 Å². The lowest BCUT2D eigenvalue weighted by Gasteiger charge is -2.25. The van der Waals surface area contributed by atoms with E-state index in [0.29, 0.717) is 18.4 Å². The summed E-state index contributed by atoms with van der Waals surface area (Å²) in [6.45, 7) is 0. The maximum atomic E-state index is 13.6. The largest absolute Gasteiger partial charge is 0.280 e. The van der Waals surface area contributed by atoms with Crippen molar-refractivity contribution in [2.24, 2.45) is 0 Å². The topological polar surface area (TPSA) is 17.1 Å². The van der Waals surface area contributed by atoms with Gasteiger partial charge < -0.3 is 0 Å². The molecule has 1 aliphatic rings. The Bertz CT molecular complexity index is 383. The van der Waals surface area contributed by atoms with Crippen LogP contribution < -0.4 is 0 Å². The number of hydrogen-bond acceptors (Lipinski definition) is 1. The van der Waals surface area contributed by atoms with Crippen molar-refractivity contribution in [3.05, 3.63) is 35.6 Å². The maximum absolute atomic E-state index is 13.6. The zero-order valence-corrected chi connectivity index (χ0v) is 9.06. The maximum Gasteiger partial charge on any atom is 0.232 e. The Morgan fingerprint density at radius 2 is 1.87 bits per heavy atom. The van der Waals surface area contributed by atoms with E-state index in [0.717, 1.165) is 12.8 Å². The molecule has 2 rings (SSSR count). The molecule has 0 heterocycles. The number of carbonyl (C=O) groups excluding carboxylic acids is 1. The molecule has 1 fully saturated rings. The highest BCUT2D eigenvalue weighted by Gasteiger charge is 2.43. The minimum absolute atomic E-state index is 0.326. The minimum Gasteiger partial charge on any atom is -0.280 e.